The number of pyridine rings is 1. The fourth-order valence-electron chi connectivity index (χ4n) is 4.74. The molecule has 2 aliphatic heterocycles. The molecule has 0 saturated carbocycles. The molecule has 0 spiro atoms. The van der Waals surface area contributed by atoms with Gasteiger partial charge in [0.2, 0.25) is 18.0 Å². The van der Waals surface area contributed by atoms with Gasteiger partial charge in [-0.15, -0.1) is 0 Å². The quantitative estimate of drug-likeness (QED) is 0.377. The number of aromatic nitrogens is 1. The molecule has 0 radical (unpaired) electrons. The molecule has 2 aromatic carbocycles. The molecule has 0 saturated heterocycles. The van der Waals surface area contributed by atoms with Crippen molar-refractivity contribution in [3.05, 3.63) is 93.4 Å². The van der Waals surface area contributed by atoms with E-state index in [2.05, 4.69) is 4.74 Å². The van der Waals surface area contributed by atoms with Crippen molar-refractivity contribution in [1.29, 1.82) is 0 Å². The maximum atomic E-state index is 14.6. The summed E-state index contributed by atoms with van der Waals surface area (Å²) in [6, 6.07) is 11.6. The van der Waals surface area contributed by atoms with Crippen molar-refractivity contribution in [2.75, 3.05) is 32.6 Å². The van der Waals surface area contributed by atoms with Crippen LogP contribution >= 0.6 is 0 Å². The number of carbonyl (C=O) groups excluding carboxylic acids is 2. The Morgan fingerprint density at radius 2 is 1.84 bits per heavy atom. The van der Waals surface area contributed by atoms with E-state index in [-0.39, 0.29) is 23.8 Å². The summed E-state index contributed by atoms with van der Waals surface area (Å²) in [6.45, 7) is -0.577. The largest absolute Gasteiger partial charge is 0.510 e. The standard InChI is InChI=1S/C26H23F2N3O7/c1-29-21-9-11-36-20-13-18(28)17(27)12-16(20)22(15-6-4-3-5-7-15)31(21)30-10-8-19(32)24(23(30)25(29)33)37-14-38-26(34)35-2/h3-8,10,12-13,21-22H,9,11,14H2,1-2H3. The van der Waals surface area contributed by atoms with E-state index in [9.17, 15) is 23.2 Å². The maximum absolute atomic E-state index is 14.6. The highest BCUT2D eigenvalue weighted by atomic mass is 19.2. The molecule has 2 aliphatic rings. The minimum atomic E-state index is -1.06. The molecular weight excluding hydrogens is 504 g/mol. The summed E-state index contributed by atoms with van der Waals surface area (Å²) in [4.78, 5) is 39.1. The Hall–Kier alpha value is -4.61. The first-order chi connectivity index (χ1) is 18.3. The first kappa shape index (κ1) is 25.1. The van der Waals surface area contributed by atoms with Crippen LogP contribution in [-0.4, -0.2) is 55.4 Å². The molecule has 3 aromatic rings. The predicted molar refractivity (Wildman–Crippen MR) is 129 cm³/mol. The fraction of sp³-hybridized carbons (Fsp3) is 0.269. The first-order valence-electron chi connectivity index (χ1n) is 11.6. The highest BCUT2D eigenvalue weighted by Crippen LogP contribution is 2.41. The lowest BCUT2D eigenvalue weighted by Crippen LogP contribution is -2.62. The van der Waals surface area contributed by atoms with Crippen LogP contribution in [0.3, 0.4) is 0 Å². The highest BCUT2D eigenvalue weighted by molar-refractivity contribution is 5.96. The molecule has 0 N–H and O–H groups in total. The van der Waals surface area contributed by atoms with Gasteiger partial charge < -0.3 is 23.8 Å². The van der Waals surface area contributed by atoms with Crippen molar-refractivity contribution >= 4 is 12.1 Å². The normalized spacial score (nSPS) is 18.3. The zero-order chi connectivity index (χ0) is 27.0. The van der Waals surface area contributed by atoms with Gasteiger partial charge in [-0.25, -0.2) is 13.6 Å². The van der Waals surface area contributed by atoms with Crippen molar-refractivity contribution in [3.63, 3.8) is 0 Å². The Balaban J connectivity index is 1.73. The Morgan fingerprint density at radius 1 is 1.11 bits per heavy atom. The molecule has 2 atom stereocenters. The fourth-order valence-corrected chi connectivity index (χ4v) is 4.74. The van der Waals surface area contributed by atoms with Crippen molar-refractivity contribution in [3.8, 4) is 11.5 Å². The Labute approximate surface area is 215 Å². The highest BCUT2D eigenvalue weighted by Gasteiger charge is 2.43. The molecule has 38 heavy (non-hydrogen) atoms. The number of hydrogen-bond acceptors (Lipinski definition) is 8. The Morgan fingerprint density at radius 3 is 2.58 bits per heavy atom. The Bertz CT molecular complexity index is 1450. The molecule has 0 bridgehead atoms. The minimum absolute atomic E-state index is 0.101. The molecule has 5 rings (SSSR count). The number of hydrogen-bond donors (Lipinski definition) is 0. The van der Waals surface area contributed by atoms with Gasteiger partial charge in [0.1, 0.15) is 18.0 Å². The second-order valence-electron chi connectivity index (χ2n) is 8.59. The molecule has 12 heteroatoms. The van der Waals surface area contributed by atoms with Crippen molar-refractivity contribution in [2.45, 2.75) is 18.6 Å². The molecule has 198 valence electrons. The van der Waals surface area contributed by atoms with Crippen LogP contribution in [0.1, 0.15) is 34.1 Å². The first-order valence-corrected chi connectivity index (χ1v) is 11.6. The van der Waals surface area contributed by atoms with Gasteiger partial charge in [0.25, 0.3) is 5.91 Å². The lowest BCUT2D eigenvalue weighted by atomic mass is 9.95. The van der Waals surface area contributed by atoms with Gasteiger partial charge in [0, 0.05) is 37.4 Å². The van der Waals surface area contributed by atoms with Gasteiger partial charge in [-0.3, -0.25) is 19.3 Å². The van der Waals surface area contributed by atoms with E-state index in [0.717, 1.165) is 19.2 Å². The zero-order valence-corrected chi connectivity index (χ0v) is 20.4. The maximum Gasteiger partial charge on any atom is 0.510 e. The van der Waals surface area contributed by atoms with E-state index in [1.165, 1.54) is 21.8 Å². The number of fused-ring (bicyclic) bond motifs is 4. The summed E-state index contributed by atoms with van der Waals surface area (Å²) in [5, 5.41) is 1.79. The van der Waals surface area contributed by atoms with Crippen LogP contribution in [0.5, 0.6) is 11.5 Å². The van der Waals surface area contributed by atoms with Gasteiger partial charge in [-0.05, 0) is 11.6 Å². The van der Waals surface area contributed by atoms with E-state index in [0.29, 0.717) is 17.5 Å². The van der Waals surface area contributed by atoms with Gasteiger partial charge in [-0.2, -0.15) is 0 Å². The van der Waals surface area contributed by atoms with Crippen LogP contribution in [-0.2, 0) is 9.47 Å². The van der Waals surface area contributed by atoms with Crippen LogP contribution < -0.4 is 19.9 Å². The summed E-state index contributed by atoms with van der Waals surface area (Å²) in [7, 11) is 2.67. The molecule has 0 fully saturated rings. The lowest BCUT2D eigenvalue weighted by Gasteiger charge is -2.50. The number of halogens is 2. The van der Waals surface area contributed by atoms with E-state index in [1.807, 2.05) is 18.2 Å². The summed E-state index contributed by atoms with van der Waals surface area (Å²) in [5.74, 6) is -2.83. The van der Waals surface area contributed by atoms with Gasteiger partial charge in [0.05, 0.1) is 13.7 Å². The predicted octanol–water partition coefficient (Wildman–Crippen LogP) is 3.17. The third kappa shape index (κ3) is 4.27. The lowest BCUT2D eigenvalue weighted by molar-refractivity contribution is 0.0131. The number of carbonyl (C=O) groups is 2. The molecule has 3 heterocycles. The van der Waals surface area contributed by atoms with Crippen LogP contribution in [0.25, 0.3) is 0 Å². The summed E-state index contributed by atoms with van der Waals surface area (Å²) < 4.78 is 50.7. The number of benzene rings is 2. The second kappa shape index (κ2) is 10.0. The minimum Gasteiger partial charge on any atom is -0.493 e. The zero-order valence-electron chi connectivity index (χ0n) is 20.4. The average molecular weight is 527 g/mol. The van der Waals surface area contributed by atoms with E-state index >= 15 is 0 Å². The van der Waals surface area contributed by atoms with Gasteiger partial charge >= 0.3 is 6.16 Å². The molecule has 10 nitrogen and oxygen atoms in total. The third-order valence-corrected chi connectivity index (χ3v) is 6.47. The number of ether oxygens (including phenoxy) is 4. The summed E-state index contributed by atoms with van der Waals surface area (Å²) in [5.41, 5.74) is 0.268. The number of nitrogens with zero attached hydrogens (tertiary/aromatic N) is 3. The van der Waals surface area contributed by atoms with Crippen molar-refractivity contribution in [2.24, 2.45) is 0 Å². The third-order valence-electron chi connectivity index (χ3n) is 6.47. The van der Waals surface area contributed by atoms with Crippen molar-refractivity contribution in [1.82, 2.24) is 9.58 Å². The molecule has 0 aliphatic carbocycles. The average Bonchev–Trinajstić information content (AvgIpc) is 2.91. The smallest absolute Gasteiger partial charge is 0.493 e. The molecule has 2 unspecified atom stereocenters. The summed E-state index contributed by atoms with van der Waals surface area (Å²) in [6.07, 6.45) is 0.0824. The van der Waals surface area contributed by atoms with Crippen LogP contribution in [0, 0.1) is 11.6 Å². The molecular formula is C26H23F2N3O7. The molecule has 1 amide bonds. The van der Waals surface area contributed by atoms with Crippen LogP contribution in [0.2, 0.25) is 0 Å². The molecule has 1 aromatic heterocycles. The van der Waals surface area contributed by atoms with E-state index < -0.39 is 48.1 Å². The van der Waals surface area contributed by atoms with E-state index in [4.69, 9.17) is 14.2 Å². The topological polar surface area (TPSA) is 99.5 Å². The van der Waals surface area contributed by atoms with Gasteiger partial charge in [0.15, 0.2) is 17.3 Å². The SMILES string of the molecule is COC(=O)OCOc1c2n(ccc1=O)N1C(c3ccccc3)c3cc(F)c(F)cc3OCCC1N(C)C2=O. The van der Waals surface area contributed by atoms with Crippen molar-refractivity contribution < 1.29 is 37.3 Å². The summed E-state index contributed by atoms with van der Waals surface area (Å²) >= 11 is 0. The van der Waals surface area contributed by atoms with Gasteiger partial charge in [-0.1, -0.05) is 30.3 Å². The number of rotatable bonds is 4. The number of amides is 1. The Kier molecular flexibility index (Phi) is 6.62. The van der Waals surface area contributed by atoms with Crippen LogP contribution in [0.15, 0.2) is 59.5 Å². The van der Waals surface area contributed by atoms with Crippen LogP contribution in [0.4, 0.5) is 13.6 Å². The second-order valence-corrected chi connectivity index (χ2v) is 8.59. The van der Waals surface area contributed by atoms with E-state index in [1.54, 1.807) is 24.2 Å². The number of methoxy groups -OCH3 is 1. The monoisotopic (exact) mass is 527 g/mol.